The molecule has 0 aliphatic carbocycles. The number of fused-ring (bicyclic) bond motifs is 3. The molecule has 8 heteroatoms. The predicted molar refractivity (Wildman–Crippen MR) is 144 cm³/mol. The van der Waals surface area contributed by atoms with Gasteiger partial charge in [-0.05, 0) is 30.7 Å². The largest absolute Gasteiger partial charge is 0.457 e. The smallest absolute Gasteiger partial charge is 0.241 e. The lowest BCUT2D eigenvalue weighted by Gasteiger charge is -2.32. The maximum Gasteiger partial charge on any atom is 0.241 e. The van der Waals surface area contributed by atoms with Gasteiger partial charge in [0.15, 0.2) is 5.13 Å². The minimum absolute atomic E-state index is 0.00430. The lowest BCUT2D eigenvalue weighted by atomic mass is 9.87. The van der Waals surface area contributed by atoms with Crippen molar-refractivity contribution in [3.63, 3.8) is 0 Å². The molecule has 0 saturated carbocycles. The molecule has 6 nitrogen and oxygen atoms in total. The van der Waals surface area contributed by atoms with Crippen molar-refractivity contribution in [1.29, 1.82) is 0 Å². The fraction of sp³-hybridized carbons (Fsp3) is 0.286. The molecule has 1 aromatic heterocycles. The van der Waals surface area contributed by atoms with Crippen molar-refractivity contribution in [2.75, 3.05) is 44.3 Å². The lowest BCUT2D eigenvalue weighted by molar-refractivity contribution is -0.119. The van der Waals surface area contributed by atoms with Crippen LogP contribution in [0.2, 0.25) is 5.02 Å². The number of rotatable bonds is 6. The first-order valence-electron chi connectivity index (χ1n) is 12.2. The molecule has 0 bridgehead atoms. The maximum absolute atomic E-state index is 14.4. The maximum atomic E-state index is 14.4. The molecule has 0 unspecified atom stereocenters. The second-order valence-electron chi connectivity index (χ2n) is 8.99. The number of carbonyl (C=O) groups excluding carboxylic acids is 1. The number of halogens is 1. The summed E-state index contributed by atoms with van der Waals surface area (Å²) in [4.78, 5) is 23.5. The van der Waals surface area contributed by atoms with Crippen LogP contribution in [0.5, 0.6) is 11.5 Å². The molecule has 0 N–H and O–H groups in total. The van der Waals surface area contributed by atoms with Crippen LogP contribution in [0.25, 0.3) is 10.2 Å². The number of aromatic nitrogens is 1. The number of carbonyl (C=O) groups is 1. The van der Waals surface area contributed by atoms with Crippen molar-refractivity contribution in [1.82, 2.24) is 9.88 Å². The monoisotopic (exact) mass is 519 g/mol. The number of nitrogens with zero attached hydrogens (tertiary/aromatic N) is 3. The Morgan fingerprint density at radius 3 is 2.39 bits per heavy atom. The summed E-state index contributed by atoms with van der Waals surface area (Å²) in [7, 11) is 0. The van der Waals surface area contributed by atoms with E-state index in [0.717, 1.165) is 72.1 Å². The van der Waals surface area contributed by atoms with E-state index in [4.69, 9.17) is 26.1 Å². The third-order valence-corrected chi connectivity index (χ3v) is 8.09. The number of amides is 1. The van der Waals surface area contributed by atoms with Crippen molar-refractivity contribution in [3.05, 3.63) is 82.9 Å². The first-order valence-corrected chi connectivity index (χ1v) is 13.4. The molecule has 0 radical (unpaired) electrons. The van der Waals surface area contributed by atoms with E-state index < -0.39 is 5.92 Å². The van der Waals surface area contributed by atoms with Crippen molar-refractivity contribution >= 4 is 44.2 Å². The second kappa shape index (κ2) is 10.2. The van der Waals surface area contributed by atoms with E-state index >= 15 is 0 Å². The number of hydrogen-bond donors (Lipinski definition) is 0. The molecule has 3 aromatic carbocycles. The number of anilines is 1. The van der Waals surface area contributed by atoms with Crippen LogP contribution >= 0.6 is 22.9 Å². The zero-order chi connectivity index (χ0) is 24.5. The SMILES string of the molecule is O=C(C1c2ccccc2Oc2ccccc21)N(CCCN1CCOCC1)c1nc2c(Cl)cccc2s1. The van der Waals surface area contributed by atoms with E-state index in [-0.39, 0.29) is 5.91 Å². The van der Waals surface area contributed by atoms with Gasteiger partial charge in [0, 0.05) is 37.3 Å². The number of thiazole rings is 1. The van der Waals surface area contributed by atoms with Crippen molar-refractivity contribution < 1.29 is 14.3 Å². The third-order valence-electron chi connectivity index (χ3n) is 6.74. The lowest BCUT2D eigenvalue weighted by Crippen LogP contribution is -2.40. The summed E-state index contributed by atoms with van der Waals surface area (Å²) in [5, 5.41) is 1.27. The van der Waals surface area contributed by atoms with Gasteiger partial charge in [-0.15, -0.1) is 0 Å². The highest BCUT2D eigenvalue weighted by molar-refractivity contribution is 7.22. The average molecular weight is 520 g/mol. The molecule has 6 rings (SSSR count). The van der Waals surface area contributed by atoms with Gasteiger partial charge in [-0.25, -0.2) is 4.98 Å². The van der Waals surface area contributed by atoms with E-state index in [1.165, 1.54) is 11.3 Å². The molecule has 2 aliphatic rings. The molecule has 1 saturated heterocycles. The first kappa shape index (κ1) is 23.4. The molecular formula is C28H26ClN3O3S. The Morgan fingerprint density at radius 2 is 1.69 bits per heavy atom. The number of hydrogen-bond acceptors (Lipinski definition) is 6. The van der Waals surface area contributed by atoms with Crippen LogP contribution < -0.4 is 9.64 Å². The van der Waals surface area contributed by atoms with E-state index in [9.17, 15) is 4.79 Å². The highest BCUT2D eigenvalue weighted by Gasteiger charge is 2.36. The van der Waals surface area contributed by atoms with E-state index in [2.05, 4.69) is 4.90 Å². The number of para-hydroxylation sites is 3. The van der Waals surface area contributed by atoms with Gasteiger partial charge in [0.1, 0.15) is 17.0 Å². The summed E-state index contributed by atoms with van der Waals surface area (Å²) in [6.45, 7) is 4.83. The molecule has 1 fully saturated rings. The van der Waals surface area contributed by atoms with Gasteiger partial charge in [-0.1, -0.05) is 65.4 Å². The van der Waals surface area contributed by atoms with Crippen molar-refractivity contribution in [2.24, 2.45) is 0 Å². The molecule has 3 heterocycles. The summed E-state index contributed by atoms with van der Waals surface area (Å²) < 4.78 is 12.6. The number of morpholine rings is 1. The van der Waals surface area contributed by atoms with E-state index in [1.807, 2.05) is 71.6 Å². The molecule has 2 aliphatic heterocycles. The van der Waals surface area contributed by atoms with Crippen LogP contribution in [0.1, 0.15) is 23.5 Å². The van der Waals surface area contributed by atoms with Gasteiger partial charge in [0.2, 0.25) is 5.91 Å². The van der Waals surface area contributed by atoms with Crippen LogP contribution in [0, 0.1) is 0 Å². The fourth-order valence-corrected chi connectivity index (χ4v) is 6.22. The van der Waals surface area contributed by atoms with Crippen LogP contribution in [0.3, 0.4) is 0 Å². The van der Waals surface area contributed by atoms with Gasteiger partial charge in [0.05, 0.1) is 28.9 Å². The molecule has 4 aromatic rings. The highest BCUT2D eigenvalue weighted by Crippen LogP contribution is 2.45. The fourth-order valence-electron chi connectivity index (χ4n) is 4.93. The van der Waals surface area contributed by atoms with Crippen LogP contribution in [0.15, 0.2) is 66.7 Å². The number of ether oxygens (including phenoxy) is 2. The molecule has 1 amide bonds. The van der Waals surface area contributed by atoms with Crippen LogP contribution in [0.4, 0.5) is 5.13 Å². The Kier molecular flexibility index (Phi) is 6.63. The second-order valence-corrected chi connectivity index (χ2v) is 10.4. The molecular weight excluding hydrogens is 494 g/mol. The molecule has 184 valence electrons. The van der Waals surface area contributed by atoms with Crippen LogP contribution in [-0.2, 0) is 9.53 Å². The minimum atomic E-state index is -0.475. The normalized spacial score (nSPS) is 15.8. The van der Waals surface area contributed by atoms with Crippen molar-refractivity contribution in [2.45, 2.75) is 12.3 Å². The average Bonchev–Trinajstić information content (AvgIpc) is 3.35. The zero-order valence-electron chi connectivity index (χ0n) is 19.7. The molecule has 0 spiro atoms. The van der Waals surface area contributed by atoms with Crippen molar-refractivity contribution in [3.8, 4) is 11.5 Å². The Bertz CT molecular complexity index is 1360. The quantitative estimate of drug-likeness (QED) is 0.315. The third kappa shape index (κ3) is 4.48. The minimum Gasteiger partial charge on any atom is -0.457 e. The zero-order valence-corrected chi connectivity index (χ0v) is 21.3. The van der Waals surface area contributed by atoms with Gasteiger partial charge >= 0.3 is 0 Å². The van der Waals surface area contributed by atoms with Gasteiger partial charge < -0.3 is 9.47 Å². The Hall–Kier alpha value is -2.97. The summed E-state index contributed by atoms with van der Waals surface area (Å²) in [5.74, 6) is 0.956. The van der Waals surface area contributed by atoms with Gasteiger partial charge in [0.25, 0.3) is 0 Å². The van der Waals surface area contributed by atoms with Gasteiger partial charge in [-0.3, -0.25) is 14.6 Å². The summed E-state index contributed by atoms with van der Waals surface area (Å²) in [6.07, 6.45) is 0.835. The topological polar surface area (TPSA) is 54.9 Å². The predicted octanol–water partition coefficient (Wildman–Crippen LogP) is 5.94. The summed E-state index contributed by atoms with van der Waals surface area (Å²) >= 11 is 7.95. The molecule has 36 heavy (non-hydrogen) atoms. The van der Waals surface area contributed by atoms with E-state index in [0.29, 0.717) is 16.7 Å². The Balaban J connectivity index is 1.37. The Labute approximate surface area is 219 Å². The molecule has 0 atom stereocenters. The van der Waals surface area contributed by atoms with E-state index in [1.54, 1.807) is 0 Å². The summed E-state index contributed by atoms with van der Waals surface area (Å²) in [5.41, 5.74) is 2.48. The van der Waals surface area contributed by atoms with Crippen LogP contribution in [-0.4, -0.2) is 55.2 Å². The highest BCUT2D eigenvalue weighted by atomic mass is 35.5. The first-order chi connectivity index (χ1) is 17.7. The van der Waals surface area contributed by atoms with Gasteiger partial charge in [-0.2, -0.15) is 0 Å². The summed E-state index contributed by atoms with van der Waals surface area (Å²) in [6, 6.07) is 21.3. The number of benzene rings is 3. The Morgan fingerprint density at radius 1 is 1.00 bits per heavy atom. The standard InChI is InChI=1S/C28H26ClN3O3S/c29-21-9-5-12-24-26(21)30-28(36-24)32(14-6-13-31-15-17-34-18-16-31)27(33)25-19-7-1-3-10-22(19)35-23-11-4-2-8-20(23)25/h1-5,7-12,25H,6,13-18H2.